The van der Waals surface area contributed by atoms with Gasteiger partial charge in [-0.05, 0) is 50.9 Å². The molecule has 2 N–H and O–H groups in total. The highest BCUT2D eigenvalue weighted by Gasteiger charge is 2.20. The predicted octanol–water partition coefficient (Wildman–Crippen LogP) is 1.30. The number of carboxylic acids is 1. The molecule has 1 aromatic rings. The van der Waals surface area contributed by atoms with Crippen molar-refractivity contribution in [3.63, 3.8) is 0 Å². The van der Waals surface area contributed by atoms with Crippen molar-refractivity contribution in [2.75, 3.05) is 57.3 Å². The van der Waals surface area contributed by atoms with Gasteiger partial charge < -0.3 is 20.1 Å². The molecular formula is C17H29Cl2N5O3. The molecule has 154 valence electrons. The van der Waals surface area contributed by atoms with E-state index in [1.807, 2.05) is 6.07 Å². The van der Waals surface area contributed by atoms with E-state index < -0.39 is 12.6 Å². The van der Waals surface area contributed by atoms with E-state index in [9.17, 15) is 4.79 Å². The topological polar surface area (TPSA) is 90.8 Å². The largest absolute Gasteiger partial charge is 0.479 e. The summed E-state index contributed by atoms with van der Waals surface area (Å²) in [5.41, 5.74) is 0. The second-order valence-corrected chi connectivity index (χ2v) is 6.72. The molecule has 10 heteroatoms. The van der Waals surface area contributed by atoms with Gasteiger partial charge in [-0.1, -0.05) is 0 Å². The summed E-state index contributed by atoms with van der Waals surface area (Å²) in [6, 6.07) is 3.52. The maximum Gasteiger partial charge on any atom is 0.341 e. The fourth-order valence-corrected chi connectivity index (χ4v) is 3.43. The zero-order chi connectivity index (χ0) is 17.5. The van der Waals surface area contributed by atoms with E-state index in [0.29, 0.717) is 0 Å². The van der Waals surface area contributed by atoms with Gasteiger partial charge in [0.05, 0.1) is 0 Å². The van der Waals surface area contributed by atoms with Crippen LogP contribution in [0, 0.1) is 5.92 Å². The minimum atomic E-state index is -1.02. The fraction of sp³-hybridized carbons (Fsp3) is 0.706. The molecular weight excluding hydrogens is 393 g/mol. The molecule has 1 aromatic heterocycles. The number of nitrogens with one attached hydrogen (secondary N) is 1. The highest BCUT2D eigenvalue weighted by Crippen LogP contribution is 2.18. The third-order valence-electron chi connectivity index (χ3n) is 4.98. The number of hydrogen-bond acceptors (Lipinski definition) is 7. The minimum Gasteiger partial charge on any atom is -0.479 e. The molecule has 0 aliphatic carbocycles. The molecule has 2 saturated heterocycles. The quantitative estimate of drug-likeness (QED) is 0.680. The molecule has 0 atom stereocenters. The lowest BCUT2D eigenvalue weighted by Crippen LogP contribution is -2.47. The SMILES string of the molecule is Cl.Cl.O=C(O)COc1ccc(N2CCN(CCC3CCNCC3)CC2)nn1. The van der Waals surface area contributed by atoms with Gasteiger partial charge in [-0.25, -0.2) is 4.79 Å². The molecule has 2 fully saturated rings. The van der Waals surface area contributed by atoms with Gasteiger partial charge in [0.2, 0.25) is 5.88 Å². The molecule has 0 amide bonds. The Balaban J connectivity index is 0.00000182. The van der Waals surface area contributed by atoms with Crippen LogP contribution in [0.15, 0.2) is 12.1 Å². The van der Waals surface area contributed by atoms with E-state index in [2.05, 4.69) is 25.3 Å². The van der Waals surface area contributed by atoms with Crippen molar-refractivity contribution in [2.45, 2.75) is 19.3 Å². The summed E-state index contributed by atoms with van der Waals surface area (Å²) in [5, 5.41) is 20.1. The van der Waals surface area contributed by atoms with Crippen LogP contribution in [0.3, 0.4) is 0 Å². The van der Waals surface area contributed by atoms with E-state index in [-0.39, 0.29) is 30.7 Å². The Bertz CT molecular complexity index is 550. The summed E-state index contributed by atoms with van der Waals surface area (Å²) in [6.07, 6.45) is 3.93. The Hall–Kier alpha value is -1.35. The Morgan fingerprint density at radius 2 is 1.85 bits per heavy atom. The first-order valence-electron chi connectivity index (χ1n) is 9.07. The number of piperidine rings is 1. The zero-order valence-electron chi connectivity index (χ0n) is 15.4. The first-order valence-corrected chi connectivity index (χ1v) is 9.07. The lowest BCUT2D eigenvalue weighted by Gasteiger charge is -2.36. The van der Waals surface area contributed by atoms with Crippen molar-refractivity contribution < 1.29 is 14.6 Å². The lowest BCUT2D eigenvalue weighted by atomic mass is 9.94. The molecule has 0 bridgehead atoms. The molecule has 3 heterocycles. The average molecular weight is 422 g/mol. The summed E-state index contributed by atoms with van der Waals surface area (Å²) in [6.45, 7) is 7.10. The van der Waals surface area contributed by atoms with Crippen molar-refractivity contribution in [1.29, 1.82) is 0 Å². The van der Waals surface area contributed by atoms with Crippen LogP contribution in [0.25, 0.3) is 0 Å². The highest BCUT2D eigenvalue weighted by atomic mass is 35.5. The molecule has 0 radical (unpaired) electrons. The van der Waals surface area contributed by atoms with Crippen molar-refractivity contribution in [3.05, 3.63) is 12.1 Å². The maximum absolute atomic E-state index is 10.5. The van der Waals surface area contributed by atoms with Crippen molar-refractivity contribution in [1.82, 2.24) is 20.4 Å². The molecule has 0 saturated carbocycles. The van der Waals surface area contributed by atoms with Crippen LogP contribution in [0.4, 0.5) is 5.82 Å². The number of aliphatic carboxylic acids is 1. The Labute approximate surface area is 172 Å². The molecule has 3 rings (SSSR count). The fourth-order valence-electron chi connectivity index (χ4n) is 3.43. The van der Waals surface area contributed by atoms with Crippen LogP contribution in [-0.4, -0.2) is 78.6 Å². The van der Waals surface area contributed by atoms with E-state index in [4.69, 9.17) is 9.84 Å². The van der Waals surface area contributed by atoms with Crippen molar-refractivity contribution in [2.24, 2.45) is 5.92 Å². The monoisotopic (exact) mass is 421 g/mol. The summed E-state index contributed by atoms with van der Waals surface area (Å²) in [7, 11) is 0. The maximum atomic E-state index is 10.5. The summed E-state index contributed by atoms with van der Waals surface area (Å²) < 4.78 is 5.01. The van der Waals surface area contributed by atoms with Gasteiger partial charge in [-0.3, -0.25) is 4.90 Å². The normalized spacial score (nSPS) is 18.3. The molecule has 0 unspecified atom stereocenters. The predicted molar refractivity (Wildman–Crippen MR) is 109 cm³/mol. The molecule has 8 nitrogen and oxygen atoms in total. The van der Waals surface area contributed by atoms with Crippen molar-refractivity contribution >= 4 is 36.6 Å². The zero-order valence-corrected chi connectivity index (χ0v) is 17.0. The van der Waals surface area contributed by atoms with Gasteiger partial charge in [0, 0.05) is 32.2 Å². The number of anilines is 1. The van der Waals surface area contributed by atoms with E-state index in [1.54, 1.807) is 6.07 Å². The third kappa shape index (κ3) is 7.65. The number of carboxylic acid groups (broad SMARTS) is 1. The van der Waals surface area contributed by atoms with Gasteiger partial charge in [0.25, 0.3) is 0 Å². The van der Waals surface area contributed by atoms with Gasteiger partial charge in [-0.2, -0.15) is 0 Å². The first kappa shape index (κ1) is 23.7. The second kappa shape index (κ2) is 12.2. The van der Waals surface area contributed by atoms with Gasteiger partial charge in [0.1, 0.15) is 0 Å². The molecule has 0 spiro atoms. The molecule has 2 aliphatic rings. The van der Waals surface area contributed by atoms with Gasteiger partial charge in [-0.15, -0.1) is 35.0 Å². The Kier molecular flexibility index (Phi) is 10.7. The highest BCUT2D eigenvalue weighted by molar-refractivity contribution is 5.85. The van der Waals surface area contributed by atoms with Crippen LogP contribution in [-0.2, 0) is 4.79 Å². The van der Waals surface area contributed by atoms with Gasteiger partial charge in [0.15, 0.2) is 12.4 Å². The van der Waals surface area contributed by atoms with Crippen LogP contribution < -0.4 is 15.0 Å². The van der Waals surface area contributed by atoms with E-state index in [0.717, 1.165) is 37.9 Å². The van der Waals surface area contributed by atoms with Crippen LogP contribution >= 0.6 is 24.8 Å². The summed E-state index contributed by atoms with van der Waals surface area (Å²) in [4.78, 5) is 15.2. The van der Waals surface area contributed by atoms with Crippen LogP contribution in [0.5, 0.6) is 5.88 Å². The Morgan fingerprint density at radius 1 is 1.15 bits per heavy atom. The number of halogens is 2. The molecule has 0 aromatic carbocycles. The van der Waals surface area contributed by atoms with Crippen molar-refractivity contribution in [3.8, 4) is 5.88 Å². The van der Waals surface area contributed by atoms with Crippen LogP contribution in [0.2, 0.25) is 0 Å². The smallest absolute Gasteiger partial charge is 0.341 e. The standard InChI is InChI=1S/C17H27N5O3.2ClH/c23-17(24)13-25-16-2-1-15(19-20-16)22-11-9-21(10-12-22)8-5-14-3-6-18-7-4-14;;/h1-2,14,18H,3-13H2,(H,23,24);2*1H. The van der Waals surface area contributed by atoms with Crippen LogP contribution in [0.1, 0.15) is 19.3 Å². The number of hydrogen-bond donors (Lipinski definition) is 2. The molecule has 2 aliphatic heterocycles. The van der Waals surface area contributed by atoms with E-state index in [1.165, 1.54) is 38.9 Å². The number of carbonyl (C=O) groups is 1. The Morgan fingerprint density at radius 3 is 2.44 bits per heavy atom. The second-order valence-electron chi connectivity index (χ2n) is 6.72. The third-order valence-corrected chi connectivity index (χ3v) is 4.98. The summed E-state index contributed by atoms with van der Waals surface area (Å²) >= 11 is 0. The lowest BCUT2D eigenvalue weighted by molar-refractivity contribution is -0.139. The average Bonchev–Trinajstić information content (AvgIpc) is 2.66. The van der Waals surface area contributed by atoms with E-state index >= 15 is 0 Å². The number of aromatic nitrogens is 2. The minimum absolute atomic E-state index is 0. The number of piperazine rings is 1. The van der Waals surface area contributed by atoms with Gasteiger partial charge >= 0.3 is 5.97 Å². The molecule has 27 heavy (non-hydrogen) atoms. The first-order chi connectivity index (χ1) is 12.2. The number of ether oxygens (including phenoxy) is 1. The number of rotatable bonds is 7. The summed E-state index contributed by atoms with van der Waals surface area (Å²) in [5.74, 6) is 0.919. The number of nitrogens with zero attached hydrogens (tertiary/aromatic N) is 4.